The van der Waals surface area contributed by atoms with E-state index in [1.807, 2.05) is 76.0 Å². The van der Waals surface area contributed by atoms with Crippen molar-refractivity contribution in [2.24, 2.45) is 11.8 Å². The van der Waals surface area contributed by atoms with Gasteiger partial charge in [0.05, 0.1) is 52.9 Å². The summed E-state index contributed by atoms with van der Waals surface area (Å²) in [7, 11) is 3.23. The van der Waals surface area contributed by atoms with Gasteiger partial charge in [-0.1, -0.05) is 58.1 Å². The fraction of sp³-hybridized carbons (Fsp3) is 0.569. The van der Waals surface area contributed by atoms with Gasteiger partial charge in [0.1, 0.15) is 33.7 Å². The van der Waals surface area contributed by atoms with E-state index in [1.165, 1.54) is 36.2 Å². The number of carbonyl (C=O) groups excluding carboxylic acids is 4. The number of thiazole rings is 2. The number of pyridine rings is 2. The topological polar surface area (TPSA) is 230 Å². The number of fused-ring (bicyclic) bond motifs is 2. The lowest BCUT2D eigenvalue weighted by Crippen LogP contribution is -2.55. The van der Waals surface area contributed by atoms with Gasteiger partial charge >= 0.3 is 12.1 Å². The van der Waals surface area contributed by atoms with Crippen molar-refractivity contribution >= 4 is 63.5 Å². The quantitative estimate of drug-likeness (QED) is 0.0685. The molecule has 4 aliphatic rings. The number of carbonyl (C=O) groups is 5. The van der Waals surface area contributed by atoms with Gasteiger partial charge in [-0.15, -0.1) is 22.7 Å². The molecule has 8 heterocycles. The lowest BCUT2D eigenvalue weighted by atomic mass is 9.83. The van der Waals surface area contributed by atoms with E-state index in [4.69, 9.17) is 14.7 Å². The first-order valence-electron chi connectivity index (χ1n) is 27.8. The fourth-order valence-corrected chi connectivity index (χ4v) is 12.7. The maximum absolute atomic E-state index is 13.9. The molecule has 2 saturated carbocycles. The molecule has 4 amide bonds. The van der Waals surface area contributed by atoms with Crippen LogP contribution in [0.25, 0.3) is 33.5 Å². The molecular weight excluding hydrogens is 1040 g/mol. The smallest absolute Gasteiger partial charge is 0.410 e. The third-order valence-electron chi connectivity index (χ3n) is 15.5. The largest absolute Gasteiger partial charge is 0.480 e. The van der Waals surface area contributed by atoms with E-state index >= 15 is 0 Å². The molecule has 6 aromatic heterocycles. The summed E-state index contributed by atoms with van der Waals surface area (Å²) in [5, 5.41) is 36.8. The first kappa shape index (κ1) is 60.4. The molecule has 0 spiro atoms. The Morgan fingerprint density at radius 3 is 1.81 bits per heavy atom. The molecular formula is C58H82N12O7S2. The van der Waals surface area contributed by atoms with Crippen LogP contribution in [0.15, 0.2) is 71.9 Å². The van der Waals surface area contributed by atoms with E-state index < -0.39 is 41.7 Å². The van der Waals surface area contributed by atoms with E-state index in [-0.39, 0.29) is 43.2 Å². The van der Waals surface area contributed by atoms with Crippen LogP contribution in [-0.2, 0) is 23.9 Å². The summed E-state index contributed by atoms with van der Waals surface area (Å²) in [6, 6.07) is 9.95. The number of nitrogens with one attached hydrogen (secondary N) is 4. The van der Waals surface area contributed by atoms with E-state index in [1.54, 1.807) is 57.4 Å². The van der Waals surface area contributed by atoms with E-state index in [0.29, 0.717) is 12.6 Å². The molecule has 428 valence electrons. The third-order valence-corrected chi connectivity index (χ3v) is 17.4. The van der Waals surface area contributed by atoms with Crippen molar-refractivity contribution in [2.75, 3.05) is 27.2 Å². The minimum absolute atomic E-state index is 0. The van der Waals surface area contributed by atoms with Crippen molar-refractivity contribution < 1.29 is 33.8 Å². The Morgan fingerprint density at radius 1 is 0.734 bits per heavy atom. The van der Waals surface area contributed by atoms with Crippen LogP contribution >= 0.6 is 22.7 Å². The SMILES string of the molecule is C.CN[C@@H](C)C(=O)N[C@H](C(=O)N1CCC[C@H]1c1nc(-c2cnn3ccccc23)cs1)C1CCCCC1.C[C@@H](C(=O)N[C@H](C(=O)O)C1CCCCC1)N(C)C(=O)OC(C)(C)C.c1ccn2ncc(-c3csc([C@@H]4CCCN4)n3)c2c1. The second kappa shape index (κ2) is 27.7. The highest BCUT2D eigenvalue weighted by Crippen LogP contribution is 2.39. The van der Waals surface area contributed by atoms with Gasteiger partial charge in [-0.3, -0.25) is 19.3 Å². The number of hydrogen-bond acceptors (Lipinski definition) is 14. The van der Waals surface area contributed by atoms with E-state index in [2.05, 4.69) is 48.3 Å². The Bertz CT molecular complexity index is 2960. The van der Waals surface area contributed by atoms with Crippen LogP contribution in [0, 0.1) is 11.8 Å². The van der Waals surface area contributed by atoms with Crippen molar-refractivity contribution in [3.8, 4) is 22.5 Å². The standard InChI is InChI=1S/C26H34N6O2S.C17H30N2O5.C14H14N4S.CH4/c1-17(27-2)24(33)30-23(18-9-4-3-5-10-18)26(34)31-13-8-12-22(31)25-29-20(16-35-25)19-15-28-32-14-7-6-11-21(19)32;1-11(19(5)16(23)24-17(2,3)4)14(20)18-13(15(21)22)12-9-7-6-8-10-12;1-2-7-18-13(5-1)10(8-16-18)12-9-19-14(17-12)11-4-3-6-15-11;/h6-7,11,14-18,22-23,27H,3-5,8-10,12-13H2,1-2H3,(H,30,33);11-13H,6-10H2,1-5H3,(H,18,20)(H,21,22);1-2,5,7-9,11,15H,3-4,6H2;1H4/t17-,22-,23-;11-,13-;11-;/m000./s1. The number of ether oxygens (including phenoxy) is 1. The van der Waals surface area contributed by atoms with Crippen LogP contribution in [-0.4, -0.2) is 131 Å². The van der Waals surface area contributed by atoms with Crippen molar-refractivity contribution in [2.45, 2.75) is 174 Å². The first-order chi connectivity index (χ1) is 37.5. The van der Waals surface area contributed by atoms with Crippen LogP contribution in [0.2, 0.25) is 0 Å². The van der Waals surface area contributed by atoms with Crippen LogP contribution in [0.3, 0.4) is 0 Å². The average Bonchev–Trinajstić information content (AvgIpc) is 4.35. The fourth-order valence-electron chi connectivity index (χ4n) is 10.8. The van der Waals surface area contributed by atoms with E-state index in [9.17, 15) is 29.1 Å². The molecule has 2 aliphatic heterocycles. The Balaban J connectivity index is 0.000000179. The van der Waals surface area contributed by atoms with Crippen LogP contribution in [0.1, 0.15) is 154 Å². The van der Waals surface area contributed by atoms with Crippen LogP contribution in [0.5, 0.6) is 0 Å². The molecule has 0 bridgehead atoms. The number of rotatable bonds is 14. The van der Waals surface area contributed by atoms with Gasteiger partial charge in [0.15, 0.2) is 0 Å². The Kier molecular flexibility index (Phi) is 21.2. The first-order valence-corrected chi connectivity index (χ1v) is 29.5. The highest BCUT2D eigenvalue weighted by Gasteiger charge is 2.40. The number of likely N-dealkylation sites (N-methyl/N-ethyl adjacent to an activating group) is 2. The lowest BCUT2D eigenvalue weighted by molar-refractivity contribution is -0.144. The van der Waals surface area contributed by atoms with Gasteiger partial charge in [-0.05, 0) is 136 Å². The molecule has 2 saturated heterocycles. The molecule has 0 unspecified atom stereocenters. The minimum atomic E-state index is -1.03. The summed E-state index contributed by atoms with van der Waals surface area (Å²) in [6.07, 6.45) is 21.4. The third kappa shape index (κ3) is 15.1. The van der Waals surface area contributed by atoms with Gasteiger partial charge in [0.2, 0.25) is 17.7 Å². The second-order valence-corrected chi connectivity index (χ2v) is 23.8. The van der Waals surface area contributed by atoms with Crippen molar-refractivity contribution in [1.29, 1.82) is 0 Å². The van der Waals surface area contributed by atoms with Gasteiger partial charge in [0.25, 0.3) is 0 Å². The number of nitrogens with zero attached hydrogens (tertiary/aromatic N) is 8. The van der Waals surface area contributed by atoms with Gasteiger partial charge in [-0.2, -0.15) is 10.2 Å². The zero-order valence-corrected chi connectivity index (χ0v) is 47.8. The highest BCUT2D eigenvalue weighted by molar-refractivity contribution is 7.10. The number of hydrogen-bond donors (Lipinski definition) is 5. The normalized spacial score (nSPS) is 19.4. The van der Waals surface area contributed by atoms with Gasteiger partial charge < -0.3 is 36.0 Å². The van der Waals surface area contributed by atoms with Gasteiger partial charge in [-0.25, -0.2) is 28.6 Å². The Hall–Kier alpha value is -6.29. The molecule has 6 atom stereocenters. The monoisotopic (exact) mass is 1120 g/mol. The minimum Gasteiger partial charge on any atom is -0.480 e. The van der Waals surface area contributed by atoms with Crippen LogP contribution < -0.4 is 21.3 Å². The summed E-state index contributed by atoms with van der Waals surface area (Å²) >= 11 is 3.35. The maximum Gasteiger partial charge on any atom is 0.410 e. The summed E-state index contributed by atoms with van der Waals surface area (Å²) in [5.74, 6) is -1.44. The molecule has 4 fully saturated rings. The lowest BCUT2D eigenvalue weighted by Gasteiger charge is -2.35. The molecule has 2 aliphatic carbocycles. The summed E-state index contributed by atoms with van der Waals surface area (Å²) < 4.78 is 8.97. The zero-order valence-electron chi connectivity index (χ0n) is 46.2. The molecule has 0 radical (unpaired) electrons. The number of carboxylic acids is 1. The number of aromatic nitrogens is 6. The van der Waals surface area contributed by atoms with Crippen molar-refractivity contribution in [3.05, 3.63) is 82.0 Å². The molecule has 19 nitrogen and oxygen atoms in total. The van der Waals surface area contributed by atoms with Gasteiger partial charge in [0, 0.05) is 47.9 Å². The molecule has 6 aromatic rings. The van der Waals surface area contributed by atoms with Crippen LogP contribution in [0.4, 0.5) is 4.79 Å². The summed E-state index contributed by atoms with van der Waals surface area (Å²) in [5.41, 5.74) is 5.51. The number of aliphatic carboxylic acids is 1. The highest BCUT2D eigenvalue weighted by atomic mass is 32.1. The Morgan fingerprint density at radius 2 is 1.28 bits per heavy atom. The molecule has 21 heteroatoms. The number of likely N-dealkylation sites (tertiary alicyclic amines) is 1. The predicted molar refractivity (Wildman–Crippen MR) is 310 cm³/mol. The van der Waals surface area contributed by atoms with E-state index in [0.717, 1.165) is 116 Å². The maximum atomic E-state index is 13.9. The molecule has 10 rings (SSSR count). The molecule has 79 heavy (non-hydrogen) atoms. The zero-order chi connectivity index (χ0) is 55.5. The number of amides is 4. The van der Waals surface area contributed by atoms with Crippen molar-refractivity contribution in [1.82, 2.24) is 60.3 Å². The summed E-state index contributed by atoms with van der Waals surface area (Å²) in [6.45, 7) is 10.4. The number of carboxylic acid groups (broad SMARTS) is 1. The molecule has 0 aromatic carbocycles. The predicted octanol–water partition coefficient (Wildman–Crippen LogP) is 9.70. The summed E-state index contributed by atoms with van der Waals surface area (Å²) in [4.78, 5) is 75.6. The average molecular weight is 1120 g/mol. The molecule has 5 N–H and O–H groups in total. The van der Waals surface area contributed by atoms with Crippen molar-refractivity contribution in [3.63, 3.8) is 0 Å². The Labute approximate surface area is 472 Å². The second-order valence-electron chi connectivity index (χ2n) is 22.0.